The number of esters is 1. The van der Waals surface area contributed by atoms with Gasteiger partial charge in [0.2, 0.25) is 11.8 Å². The first-order valence-electron chi connectivity index (χ1n) is 8.17. The number of fused-ring (bicyclic) bond motifs is 1. The first-order valence-corrected chi connectivity index (χ1v) is 9.16. The SMILES string of the molecule is NC(=O)CNC(=O)COC(=O)[C@H]1CS[C@]2(c3ccccc3)CCC(=O)N12. The fraction of sp³-hybridized carbons (Fsp3) is 0.412. The summed E-state index contributed by atoms with van der Waals surface area (Å²) in [6.07, 6.45) is 0.994. The Hall–Kier alpha value is -2.55. The van der Waals surface area contributed by atoms with Crippen LogP contribution in [-0.4, -0.2) is 53.5 Å². The Kier molecular flexibility index (Phi) is 5.17. The molecule has 9 heteroatoms. The van der Waals surface area contributed by atoms with Crippen molar-refractivity contribution in [1.82, 2.24) is 10.2 Å². The van der Waals surface area contributed by atoms with Gasteiger partial charge in [0.15, 0.2) is 6.61 Å². The van der Waals surface area contributed by atoms with Crippen LogP contribution in [-0.2, 0) is 28.8 Å². The third-order valence-corrected chi connectivity index (χ3v) is 6.03. The van der Waals surface area contributed by atoms with Gasteiger partial charge in [-0.15, -0.1) is 11.8 Å². The molecule has 3 amide bonds. The second-order valence-corrected chi connectivity index (χ2v) is 7.39. The van der Waals surface area contributed by atoms with Crippen molar-refractivity contribution in [3.63, 3.8) is 0 Å². The standard InChI is InChI=1S/C17H19N3O5S/c18-13(21)8-19-14(22)9-25-16(24)12-10-26-17(7-6-15(23)20(12)17)11-4-2-1-3-5-11/h1-5,12H,6-10H2,(H2,18,21)(H,19,22)/t12-,17+/m1/s1. The van der Waals surface area contributed by atoms with E-state index in [9.17, 15) is 19.2 Å². The van der Waals surface area contributed by atoms with Gasteiger partial charge in [-0.1, -0.05) is 30.3 Å². The molecule has 2 heterocycles. The van der Waals surface area contributed by atoms with E-state index >= 15 is 0 Å². The largest absolute Gasteiger partial charge is 0.454 e. The molecule has 2 atom stereocenters. The van der Waals surface area contributed by atoms with Crippen molar-refractivity contribution < 1.29 is 23.9 Å². The molecular weight excluding hydrogens is 358 g/mol. The Morgan fingerprint density at radius 1 is 1.31 bits per heavy atom. The second kappa shape index (κ2) is 7.36. The van der Waals surface area contributed by atoms with Crippen LogP contribution < -0.4 is 11.1 Å². The average molecular weight is 377 g/mol. The molecular formula is C17H19N3O5S. The minimum atomic E-state index is -0.737. The van der Waals surface area contributed by atoms with Gasteiger partial charge in [-0.25, -0.2) is 4.79 Å². The summed E-state index contributed by atoms with van der Waals surface area (Å²) in [5.74, 6) is -1.63. The second-order valence-electron chi connectivity index (χ2n) is 6.09. The van der Waals surface area contributed by atoms with Gasteiger partial charge in [0.05, 0.1) is 6.54 Å². The molecule has 0 bridgehead atoms. The number of amides is 3. The summed E-state index contributed by atoms with van der Waals surface area (Å²) in [6.45, 7) is -0.842. The van der Waals surface area contributed by atoms with Crippen LogP contribution in [0.25, 0.3) is 0 Å². The number of hydrogen-bond acceptors (Lipinski definition) is 6. The molecule has 2 saturated heterocycles. The van der Waals surface area contributed by atoms with E-state index in [1.807, 2.05) is 30.3 Å². The highest BCUT2D eigenvalue weighted by molar-refractivity contribution is 8.00. The number of nitrogens with two attached hydrogens (primary N) is 1. The summed E-state index contributed by atoms with van der Waals surface area (Å²) in [6, 6.07) is 8.87. The molecule has 3 rings (SSSR count). The monoisotopic (exact) mass is 377 g/mol. The predicted molar refractivity (Wildman–Crippen MR) is 93.6 cm³/mol. The van der Waals surface area contributed by atoms with Crippen LogP contribution in [0.1, 0.15) is 18.4 Å². The Morgan fingerprint density at radius 3 is 2.73 bits per heavy atom. The summed E-state index contributed by atoms with van der Waals surface area (Å²) in [7, 11) is 0. The highest BCUT2D eigenvalue weighted by atomic mass is 32.2. The Labute approximate surface area is 154 Å². The van der Waals surface area contributed by atoms with E-state index in [-0.39, 0.29) is 12.5 Å². The maximum absolute atomic E-state index is 12.4. The minimum absolute atomic E-state index is 0.0982. The zero-order chi connectivity index (χ0) is 18.7. The summed E-state index contributed by atoms with van der Waals surface area (Å²) < 4.78 is 5.05. The molecule has 0 aromatic heterocycles. The summed E-state index contributed by atoms with van der Waals surface area (Å²) >= 11 is 1.54. The molecule has 0 aliphatic carbocycles. The first kappa shape index (κ1) is 18.2. The molecule has 8 nitrogen and oxygen atoms in total. The Bertz CT molecular complexity index is 741. The third-order valence-electron chi connectivity index (χ3n) is 4.43. The number of nitrogens with zero attached hydrogens (tertiary/aromatic N) is 1. The molecule has 2 aliphatic heterocycles. The number of primary amides is 1. The number of nitrogens with one attached hydrogen (secondary N) is 1. The summed E-state index contributed by atoms with van der Waals surface area (Å²) in [5, 5.41) is 2.24. The molecule has 2 fully saturated rings. The van der Waals surface area contributed by atoms with Gasteiger partial charge < -0.3 is 20.7 Å². The van der Waals surface area contributed by atoms with Crippen molar-refractivity contribution in [2.75, 3.05) is 18.9 Å². The van der Waals surface area contributed by atoms with Crippen LogP contribution in [0.2, 0.25) is 0 Å². The molecule has 138 valence electrons. The fourth-order valence-corrected chi connectivity index (χ4v) is 4.92. The molecule has 0 unspecified atom stereocenters. The molecule has 2 aliphatic rings. The third kappa shape index (κ3) is 3.39. The fourth-order valence-electron chi connectivity index (χ4n) is 3.29. The van der Waals surface area contributed by atoms with E-state index in [1.54, 1.807) is 16.7 Å². The molecule has 3 N–H and O–H groups in total. The quantitative estimate of drug-likeness (QED) is 0.658. The zero-order valence-corrected chi connectivity index (χ0v) is 14.8. The van der Waals surface area contributed by atoms with Crippen molar-refractivity contribution in [3.8, 4) is 0 Å². The lowest BCUT2D eigenvalue weighted by Crippen LogP contribution is -2.47. The number of benzene rings is 1. The Balaban J connectivity index is 1.68. The first-order chi connectivity index (χ1) is 12.4. The highest BCUT2D eigenvalue weighted by Gasteiger charge is 2.57. The molecule has 1 aromatic carbocycles. The molecule has 1 aromatic rings. The summed E-state index contributed by atoms with van der Waals surface area (Å²) in [4.78, 5) is 48.1. The van der Waals surface area contributed by atoms with Crippen LogP contribution in [0.4, 0.5) is 0 Å². The maximum Gasteiger partial charge on any atom is 0.330 e. The van der Waals surface area contributed by atoms with Crippen molar-refractivity contribution in [3.05, 3.63) is 35.9 Å². The van der Waals surface area contributed by atoms with Gasteiger partial charge >= 0.3 is 5.97 Å². The summed E-state index contributed by atoms with van der Waals surface area (Å²) in [5.41, 5.74) is 5.91. The van der Waals surface area contributed by atoms with E-state index in [2.05, 4.69) is 5.32 Å². The topological polar surface area (TPSA) is 119 Å². The molecule has 0 spiro atoms. The van der Waals surface area contributed by atoms with Crippen molar-refractivity contribution in [2.24, 2.45) is 5.73 Å². The predicted octanol–water partition coefficient (Wildman–Crippen LogP) is -0.278. The van der Waals surface area contributed by atoms with E-state index in [0.717, 1.165) is 5.56 Å². The molecule has 26 heavy (non-hydrogen) atoms. The van der Waals surface area contributed by atoms with E-state index < -0.39 is 35.3 Å². The molecule has 0 radical (unpaired) electrons. The van der Waals surface area contributed by atoms with E-state index in [4.69, 9.17) is 10.5 Å². The van der Waals surface area contributed by atoms with Crippen molar-refractivity contribution in [1.29, 1.82) is 0 Å². The zero-order valence-electron chi connectivity index (χ0n) is 14.0. The number of ether oxygens (including phenoxy) is 1. The number of rotatable bonds is 6. The van der Waals surface area contributed by atoms with Gasteiger partial charge in [-0.05, 0) is 12.0 Å². The lowest BCUT2D eigenvalue weighted by atomic mass is 10.0. The van der Waals surface area contributed by atoms with Crippen molar-refractivity contribution in [2.45, 2.75) is 23.8 Å². The normalized spacial score (nSPS) is 24.2. The lowest BCUT2D eigenvalue weighted by Gasteiger charge is -2.33. The Morgan fingerprint density at radius 2 is 2.04 bits per heavy atom. The smallest absolute Gasteiger partial charge is 0.330 e. The van der Waals surface area contributed by atoms with Crippen LogP contribution >= 0.6 is 11.8 Å². The number of carbonyl (C=O) groups is 4. The van der Waals surface area contributed by atoms with Gasteiger partial charge in [0.1, 0.15) is 10.9 Å². The van der Waals surface area contributed by atoms with Crippen LogP contribution in [0.5, 0.6) is 0 Å². The van der Waals surface area contributed by atoms with E-state index in [0.29, 0.717) is 18.6 Å². The van der Waals surface area contributed by atoms with Crippen molar-refractivity contribution >= 4 is 35.5 Å². The van der Waals surface area contributed by atoms with E-state index in [1.165, 1.54) is 0 Å². The van der Waals surface area contributed by atoms with Crippen LogP contribution in [0, 0.1) is 0 Å². The van der Waals surface area contributed by atoms with Gasteiger partial charge in [-0.2, -0.15) is 0 Å². The maximum atomic E-state index is 12.4. The minimum Gasteiger partial charge on any atom is -0.454 e. The van der Waals surface area contributed by atoms with Crippen LogP contribution in [0.15, 0.2) is 30.3 Å². The average Bonchev–Trinajstić information content (AvgIpc) is 3.18. The van der Waals surface area contributed by atoms with Gasteiger partial charge in [0.25, 0.3) is 5.91 Å². The number of thioether (sulfide) groups is 1. The lowest BCUT2D eigenvalue weighted by molar-refractivity contribution is -0.156. The number of hydrogen-bond donors (Lipinski definition) is 2. The van der Waals surface area contributed by atoms with Gasteiger partial charge in [0, 0.05) is 12.2 Å². The molecule has 0 saturated carbocycles. The van der Waals surface area contributed by atoms with Crippen LogP contribution in [0.3, 0.4) is 0 Å². The van der Waals surface area contributed by atoms with Gasteiger partial charge in [-0.3, -0.25) is 14.4 Å². The highest BCUT2D eigenvalue weighted by Crippen LogP contribution is 2.54. The number of carbonyl (C=O) groups excluding carboxylic acids is 4.